The number of carbonyl (C=O) groups excluding carboxylic acids is 1. The summed E-state index contributed by atoms with van der Waals surface area (Å²) in [6, 6.07) is 0. The van der Waals surface area contributed by atoms with Crippen molar-refractivity contribution in [2.45, 2.75) is 39.0 Å². The quantitative estimate of drug-likeness (QED) is 0.696. The minimum Gasteiger partial charge on any atom is -0.481 e. The number of carbonyl (C=O) groups is 2. The first kappa shape index (κ1) is 15.1. The zero-order valence-corrected chi connectivity index (χ0v) is 11.1. The van der Waals surface area contributed by atoms with E-state index in [9.17, 15) is 9.59 Å². The van der Waals surface area contributed by atoms with Gasteiger partial charge in [-0.3, -0.25) is 9.59 Å². The van der Waals surface area contributed by atoms with Crippen LogP contribution in [0.2, 0.25) is 0 Å². The molecule has 19 heavy (non-hydrogen) atoms. The zero-order chi connectivity index (χ0) is 14.1. The van der Waals surface area contributed by atoms with E-state index in [2.05, 4.69) is 15.3 Å². The van der Waals surface area contributed by atoms with Crippen LogP contribution in [0.1, 0.15) is 48.2 Å². The number of rotatable bonds is 8. The summed E-state index contributed by atoms with van der Waals surface area (Å²) in [4.78, 5) is 29.9. The molecule has 0 bridgehead atoms. The van der Waals surface area contributed by atoms with E-state index in [1.54, 1.807) is 6.92 Å². The summed E-state index contributed by atoms with van der Waals surface area (Å²) < 4.78 is 0. The maximum absolute atomic E-state index is 11.8. The molecule has 0 saturated carbocycles. The zero-order valence-electron chi connectivity index (χ0n) is 11.1. The normalized spacial score (nSPS) is 10.2. The number of aliphatic carboxylic acids is 1. The van der Waals surface area contributed by atoms with Gasteiger partial charge in [0.05, 0.1) is 11.3 Å². The maximum Gasteiger partial charge on any atom is 0.303 e. The van der Waals surface area contributed by atoms with Gasteiger partial charge >= 0.3 is 5.97 Å². The van der Waals surface area contributed by atoms with E-state index in [1.807, 2.05) is 0 Å². The minimum absolute atomic E-state index is 0.163. The van der Waals surface area contributed by atoms with Crippen LogP contribution in [0.25, 0.3) is 0 Å². The van der Waals surface area contributed by atoms with Gasteiger partial charge in [-0.05, 0) is 19.8 Å². The van der Waals surface area contributed by atoms with Crippen molar-refractivity contribution >= 4 is 11.9 Å². The summed E-state index contributed by atoms with van der Waals surface area (Å²) in [5.74, 6) is -0.920. The number of carboxylic acid groups (broad SMARTS) is 1. The van der Waals surface area contributed by atoms with E-state index in [-0.39, 0.29) is 12.3 Å². The lowest BCUT2D eigenvalue weighted by atomic mass is 10.1. The Balaban J connectivity index is 2.15. The molecule has 6 nitrogen and oxygen atoms in total. The minimum atomic E-state index is -0.757. The van der Waals surface area contributed by atoms with Crippen LogP contribution in [-0.4, -0.2) is 33.5 Å². The van der Waals surface area contributed by atoms with E-state index in [0.29, 0.717) is 24.2 Å². The third kappa shape index (κ3) is 5.94. The second kappa shape index (κ2) is 8.18. The first-order chi connectivity index (χ1) is 9.11. The SMILES string of the molecule is Cc1ncncc1C(=O)NCCCCCCC(=O)O. The molecule has 104 valence electrons. The third-order valence-corrected chi connectivity index (χ3v) is 2.76. The molecule has 2 N–H and O–H groups in total. The molecule has 6 heteroatoms. The molecule has 1 heterocycles. The fourth-order valence-corrected chi connectivity index (χ4v) is 1.67. The van der Waals surface area contributed by atoms with E-state index in [0.717, 1.165) is 19.3 Å². The predicted molar refractivity (Wildman–Crippen MR) is 69.8 cm³/mol. The summed E-state index contributed by atoms with van der Waals surface area (Å²) >= 11 is 0. The first-order valence-corrected chi connectivity index (χ1v) is 6.38. The Bertz CT molecular complexity index is 435. The molecular weight excluding hydrogens is 246 g/mol. The van der Waals surface area contributed by atoms with Crippen LogP contribution in [0.15, 0.2) is 12.5 Å². The van der Waals surface area contributed by atoms with E-state index < -0.39 is 5.97 Å². The number of aromatic nitrogens is 2. The number of nitrogens with one attached hydrogen (secondary N) is 1. The lowest BCUT2D eigenvalue weighted by molar-refractivity contribution is -0.137. The first-order valence-electron chi connectivity index (χ1n) is 6.38. The molecule has 0 aromatic carbocycles. The average molecular weight is 265 g/mol. The standard InChI is InChI=1S/C13H19N3O3/c1-10-11(8-14-9-16-10)13(19)15-7-5-3-2-4-6-12(17)18/h8-9H,2-7H2,1H3,(H,15,19)(H,17,18). The van der Waals surface area contributed by atoms with Gasteiger partial charge in [0.25, 0.3) is 5.91 Å². The molecule has 0 fully saturated rings. The van der Waals surface area contributed by atoms with Crippen LogP contribution in [-0.2, 0) is 4.79 Å². The number of amides is 1. The molecule has 0 radical (unpaired) electrons. The van der Waals surface area contributed by atoms with E-state index in [4.69, 9.17) is 5.11 Å². The molecule has 0 spiro atoms. The van der Waals surface area contributed by atoms with Gasteiger partial charge in [0.2, 0.25) is 0 Å². The molecule has 1 rings (SSSR count). The van der Waals surface area contributed by atoms with Crippen molar-refractivity contribution in [2.24, 2.45) is 0 Å². The van der Waals surface area contributed by atoms with Crippen molar-refractivity contribution < 1.29 is 14.7 Å². The topological polar surface area (TPSA) is 92.2 Å². The molecular formula is C13H19N3O3. The number of hydrogen-bond donors (Lipinski definition) is 2. The number of hydrogen-bond acceptors (Lipinski definition) is 4. The highest BCUT2D eigenvalue weighted by atomic mass is 16.4. The Morgan fingerprint density at radius 1 is 1.26 bits per heavy atom. The van der Waals surface area contributed by atoms with Gasteiger partial charge in [0.15, 0.2) is 0 Å². The van der Waals surface area contributed by atoms with Crippen LogP contribution in [0, 0.1) is 6.92 Å². The van der Waals surface area contributed by atoms with Crippen molar-refractivity contribution in [1.82, 2.24) is 15.3 Å². The van der Waals surface area contributed by atoms with Gasteiger partial charge in [-0.2, -0.15) is 0 Å². The Kier molecular flexibility index (Phi) is 6.49. The highest BCUT2D eigenvalue weighted by Crippen LogP contribution is 2.04. The van der Waals surface area contributed by atoms with Gasteiger partial charge in [0.1, 0.15) is 6.33 Å². The summed E-state index contributed by atoms with van der Waals surface area (Å²) in [5.41, 5.74) is 1.15. The largest absolute Gasteiger partial charge is 0.481 e. The van der Waals surface area contributed by atoms with E-state index in [1.165, 1.54) is 12.5 Å². The fraction of sp³-hybridized carbons (Fsp3) is 0.538. The molecule has 0 saturated heterocycles. The van der Waals surface area contributed by atoms with Crippen LogP contribution >= 0.6 is 0 Å². The Morgan fingerprint density at radius 2 is 2.00 bits per heavy atom. The Morgan fingerprint density at radius 3 is 2.68 bits per heavy atom. The van der Waals surface area contributed by atoms with Crippen molar-refractivity contribution in [3.05, 3.63) is 23.8 Å². The maximum atomic E-state index is 11.8. The van der Waals surface area contributed by atoms with Crippen molar-refractivity contribution in [1.29, 1.82) is 0 Å². The van der Waals surface area contributed by atoms with Crippen LogP contribution in [0.3, 0.4) is 0 Å². The lowest BCUT2D eigenvalue weighted by Crippen LogP contribution is -2.25. The van der Waals surface area contributed by atoms with Crippen LogP contribution in [0.5, 0.6) is 0 Å². The Hall–Kier alpha value is -1.98. The van der Waals surface area contributed by atoms with Crippen molar-refractivity contribution in [3.63, 3.8) is 0 Å². The monoisotopic (exact) mass is 265 g/mol. The molecule has 0 unspecified atom stereocenters. The third-order valence-electron chi connectivity index (χ3n) is 2.76. The van der Waals surface area contributed by atoms with Crippen molar-refractivity contribution in [2.75, 3.05) is 6.54 Å². The predicted octanol–water partition coefficient (Wildman–Crippen LogP) is 1.55. The van der Waals surface area contributed by atoms with Gasteiger partial charge in [-0.25, -0.2) is 9.97 Å². The smallest absolute Gasteiger partial charge is 0.303 e. The number of nitrogens with zero attached hydrogens (tertiary/aromatic N) is 2. The molecule has 0 aliphatic heterocycles. The van der Waals surface area contributed by atoms with Crippen LogP contribution in [0.4, 0.5) is 0 Å². The molecule has 1 aromatic rings. The molecule has 0 atom stereocenters. The van der Waals surface area contributed by atoms with Gasteiger partial charge in [-0.1, -0.05) is 12.8 Å². The number of carboxylic acids is 1. The highest BCUT2D eigenvalue weighted by Gasteiger charge is 2.08. The highest BCUT2D eigenvalue weighted by molar-refractivity contribution is 5.94. The molecule has 1 aromatic heterocycles. The van der Waals surface area contributed by atoms with Crippen molar-refractivity contribution in [3.8, 4) is 0 Å². The lowest BCUT2D eigenvalue weighted by Gasteiger charge is -2.06. The summed E-state index contributed by atoms with van der Waals surface area (Å²) in [6.07, 6.45) is 6.45. The summed E-state index contributed by atoms with van der Waals surface area (Å²) in [6.45, 7) is 2.35. The molecule has 0 aliphatic rings. The Labute approximate surface area is 112 Å². The van der Waals surface area contributed by atoms with Gasteiger partial charge < -0.3 is 10.4 Å². The number of aryl methyl sites for hydroxylation is 1. The molecule has 0 aliphatic carbocycles. The summed E-state index contributed by atoms with van der Waals surface area (Å²) in [5, 5.41) is 11.3. The van der Waals surface area contributed by atoms with Crippen LogP contribution < -0.4 is 5.32 Å². The second-order valence-electron chi connectivity index (χ2n) is 4.34. The van der Waals surface area contributed by atoms with Gasteiger partial charge in [0, 0.05) is 19.2 Å². The second-order valence-corrected chi connectivity index (χ2v) is 4.34. The average Bonchev–Trinajstić information content (AvgIpc) is 2.37. The summed E-state index contributed by atoms with van der Waals surface area (Å²) in [7, 11) is 0. The molecule has 1 amide bonds. The van der Waals surface area contributed by atoms with E-state index >= 15 is 0 Å². The fourth-order valence-electron chi connectivity index (χ4n) is 1.67. The number of unbranched alkanes of at least 4 members (excludes halogenated alkanes) is 3. The van der Waals surface area contributed by atoms with Gasteiger partial charge in [-0.15, -0.1) is 0 Å².